The highest BCUT2D eigenvalue weighted by molar-refractivity contribution is 9.10. The van der Waals surface area contributed by atoms with Crippen LogP contribution in [0.3, 0.4) is 0 Å². The first-order chi connectivity index (χ1) is 11.8. The lowest BCUT2D eigenvalue weighted by Gasteiger charge is -2.05. The Labute approximate surface area is 158 Å². The normalized spacial score (nSPS) is 11.6. The Hall–Kier alpha value is -1.77. The van der Waals surface area contributed by atoms with Crippen molar-refractivity contribution in [2.75, 3.05) is 11.1 Å². The van der Waals surface area contributed by atoms with E-state index < -0.39 is 9.84 Å². The molecule has 0 atom stereocenters. The summed E-state index contributed by atoms with van der Waals surface area (Å²) in [5, 5.41) is 3.14. The van der Waals surface area contributed by atoms with Crippen molar-refractivity contribution in [2.24, 2.45) is 0 Å². The highest BCUT2D eigenvalue weighted by Crippen LogP contribution is 2.28. The number of fused-ring (bicyclic) bond motifs is 1. The summed E-state index contributed by atoms with van der Waals surface area (Å²) in [7, 11) is -3.48. The predicted octanol–water partition coefficient (Wildman–Crippen LogP) is 4.17. The zero-order valence-corrected chi connectivity index (χ0v) is 16.5. The first-order valence-corrected chi connectivity index (χ1v) is 10.7. The number of anilines is 1. The Balaban J connectivity index is 1.64. The van der Waals surface area contributed by atoms with E-state index in [9.17, 15) is 13.2 Å². The van der Waals surface area contributed by atoms with Crippen molar-refractivity contribution in [3.05, 3.63) is 52.5 Å². The summed E-state index contributed by atoms with van der Waals surface area (Å²) >= 11 is 4.74. The number of hydrogen-bond acceptors (Lipinski definition) is 5. The molecule has 0 unspecified atom stereocenters. The largest absolute Gasteiger partial charge is 0.302 e. The number of hydrogen-bond donors (Lipinski definition) is 1. The number of aryl methyl sites for hydroxylation is 1. The molecule has 1 heterocycles. The summed E-state index contributed by atoms with van der Waals surface area (Å²) in [6.45, 7) is 1.89. The van der Waals surface area contributed by atoms with Gasteiger partial charge < -0.3 is 5.32 Å². The van der Waals surface area contributed by atoms with Gasteiger partial charge in [0.2, 0.25) is 5.91 Å². The monoisotopic (exact) mass is 438 g/mol. The first-order valence-electron chi connectivity index (χ1n) is 7.49. The van der Waals surface area contributed by atoms with Crippen molar-refractivity contribution in [3.8, 4) is 0 Å². The molecular formula is C17H15BrN2O3S2. The molecule has 0 saturated heterocycles. The van der Waals surface area contributed by atoms with Crippen molar-refractivity contribution in [1.29, 1.82) is 0 Å². The lowest BCUT2D eigenvalue weighted by atomic mass is 10.2. The molecule has 1 amide bonds. The highest BCUT2D eigenvalue weighted by Gasteiger charge is 2.17. The fourth-order valence-corrected chi connectivity index (χ4v) is 4.90. The zero-order valence-electron chi connectivity index (χ0n) is 13.3. The number of nitrogens with one attached hydrogen (secondary N) is 1. The van der Waals surface area contributed by atoms with Gasteiger partial charge in [0.05, 0.1) is 20.9 Å². The van der Waals surface area contributed by atoms with Crippen LogP contribution in [-0.4, -0.2) is 25.1 Å². The van der Waals surface area contributed by atoms with Crippen molar-refractivity contribution < 1.29 is 13.2 Å². The summed E-state index contributed by atoms with van der Waals surface area (Å²) in [6.07, 6.45) is -0.115. The van der Waals surface area contributed by atoms with Crippen LogP contribution in [0, 0.1) is 6.92 Å². The molecule has 0 aliphatic heterocycles. The van der Waals surface area contributed by atoms with Crippen LogP contribution in [-0.2, 0) is 14.6 Å². The maximum Gasteiger partial charge on any atom is 0.227 e. The average Bonchev–Trinajstić information content (AvgIpc) is 2.94. The molecule has 3 aromatic rings. The number of aromatic nitrogens is 1. The number of nitrogens with zero attached hydrogens (tertiary/aromatic N) is 1. The molecule has 8 heteroatoms. The molecule has 0 aliphatic rings. The van der Waals surface area contributed by atoms with Crippen molar-refractivity contribution >= 4 is 58.4 Å². The molecule has 2 aromatic carbocycles. The van der Waals surface area contributed by atoms with E-state index in [1.54, 1.807) is 24.3 Å². The van der Waals surface area contributed by atoms with Crippen LogP contribution in [0.2, 0.25) is 0 Å². The predicted molar refractivity (Wildman–Crippen MR) is 104 cm³/mol. The Morgan fingerprint density at radius 2 is 1.92 bits per heavy atom. The maximum absolute atomic E-state index is 12.3. The quantitative estimate of drug-likeness (QED) is 0.648. The summed E-state index contributed by atoms with van der Waals surface area (Å²) in [5.74, 6) is -0.605. The standard InChI is InChI=1S/C17H15BrN2O3S2/c1-11-2-5-13(6-3-11)25(22,23)9-8-16(21)20-17-19-14-7-4-12(18)10-15(14)24-17/h2-7,10H,8-9H2,1H3,(H,19,20,21). The van der Waals surface area contributed by atoms with Gasteiger partial charge in [-0.1, -0.05) is 45.0 Å². The number of benzene rings is 2. The Morgan fingerprint density at radius 1 is 1.20 bits per heavy atom. The van der Waals surface area contributed by atoms with Gasteiger partial charge in [0.1, 0.15) is 0 Å². The topological polar surface area (TPSA) is 76.1 Å². The van der Waals surface area contributed by atoms with Gasteiger partial charge in [0.15, 0.2) is 15.0 Å². The molecule has 0 saturated carbocycles. The van der Waals surface area contributed by atoms with Gasteiger partial charge in [0.25, 0.3) is 0 Å². The van der Waals surface area contributed by atoms with E-state index in [2.05, 4.69) is 26.2 Å². The lowest BCUT2D eigenvalue weighted by molar-refractivity contribution is -0.115. The molecule has 5 nitrogen and oxygen atoms in total. The van der Waals surface area contributed by atoms with E-state index in [1.165, 1.54) is 11.3 Å². The minimum atomic E-state index is -3.48. The molecule has 0 bridgehead atoms. The van der Waals surface area contributed by atoms with Gasteiger partial charge in [0, 0.05) is 10.9 Å². The number of halogens is 1. The first kappa shape index (κ1) is 18.0. The van der Waals surface area contributed by atoms with Crippen LogP contribution in [0.25, 0.3) is 10.2 Å². The van der Waals surface area contributed by atoms with Gasteiger partial charge in [-0.3, -0.25) is 4.79 Å². The minimum Gasteiger partial charge on any atom is -0.302 e. The average molecular weight is 439 g/mol. The van der Waals surface area contributed by atoms with Crippen LogP contribution in [0.15, 0.2) is 51.8 Å². The number of rotatable bonds is 5. The van der Waals surface area contributed by atoms with E-state index in [0.29, 0.717) is 5.13 Å². The fourth-order valence-electron chi connectivity index (χ4n) is 2.22. The van der Waals surface area contributed by atoms with Gasteiger partial charge in [-0.2, -0.15) is 0 Å². The summed E-state index contributed by atoms with van der Waals surface area (Å²) in [6, 6.07) is 12.3. The number of sulfone groups is 1. The number of carbonyl (C=O) groups is 1. The lowest BCUT2D eigenvalue weighted by Crippen LogP contribution is -2.17. The molecule has 0 radical (unpaired) electrons. The molecule has 3 rings (SSSR count). The second-order valence-electron chi connectivity index (χ2n) is 5.56. The van der Waals surface area contributed by atoms with Crippen LogP contribution in [0.4, 0.5) is 5.13 Å². The summed E-state index contributed by atoms with van der Waals surface area (Å²) in [5.41, 5.74) is 1.77. The Kier molecular flexibility index (Phi) is 5.21. The second-order valence-corrected chi connectivity index (χ2v) is 9.62. The van der Waals surface area contributed by atoms with E-state index in [1.807, 2.05) is 25.1 Å². The van der Waals surface area contributed by atoms with E-state index in [0.717, 1.165) is 20.3 Å². The number of thiazole rings is 1. The Bertz CT molecular complexity index is 1030. The molecule has 0 spiro atoms. The van der Waals surface area contributed by atoms with Crippen LogP contribution >= 0.6 is 27.3 Å². The van der Waals surface area contributed by atoms with Gasteiger partial charge in [-0.15, -0.1) is 0 Å². The molecule has 0 fully saturated rings. The Morgan fingerprint density at radius 3 is 2.64 bits per heavy atom. The SMILES string of the molecule is Cc1ccc(S(=O)(=O)CCC(=O)Nc2nc3ccc(Br)cc3s2)cc1. The van der Waals surface area contributed by atoms with Crippen LogP contribution in [0.5, 0.6) is 0 Å². The third-order valence-corrected chi connectivity index (χ3v) is 6.73. The molecule has 1 aromatic heterocycles. The molecule has 0 aliphatic carbocycles. The van der Waals surface area contributed by atoms with Crippen molar-refractivity contribution in [1.82, 2.24) is 4.98 Å². The third kappa shape index (κ3) is 4.45. The molecule has 130 valence electrons. The van der Waals surface area contributed by atoms with E-state index in [4.69, 9.17) is 0 Å². The van der Waals surface area contributed by atoms with Gasteiger partial charge >= 0.3 is 0 Å². The molecule has 25 heavy (non-hydrogen) atoms. The molecule has 1 N–H and O–H groups in total. The highest BCUT2D eigenvalue weighted by atomic mass is 79.9. The van der Waals surface area contributed by atoms with E-state index >= 15 is 0 Å². The summed E-state index contributed by atoms with van der Waals surface area (Å²) < 4.78 is 26.4. The van der Waals surface area contributed by atoms with Crippen molar-refractivity contribution in [2.45, 2.75) is 18.2 Å². The van der Waals surface area contributed by atoms with Crippen LogP contribution in [0.1, 0.15) is 12.0 Å². The number of amides is 1. The second kappa shape index (κ2) is 7.23. The smallest absolute Gasteiger partial charge is 0.227 e. The molecular weight excluding hydrogens is 424 g/mol. The maximum atomic E-state index is 12.3. The summed E-state index contributed by atoms with van der Waals surface area (Å²) in [4.78, 5) is 16.6. The third-order valence-electron chi connectivity index (χ3n) is 3.57. The zero-order chi connectivity index (χ0) is 18.0. The van der Waals surface area contributed by atoms with Gasteiger partial charge in [-0.05, 0) is 37.3 Å². The van der Waals surface area contributed by atoms with Gasteiger partial charge in [-0.25, -0.2) is 13.4 Å². The van der Waals surface area contributed by atoms with Crippen LogP contribution < -0.4 is 5.32 Å². The fraction of sp³-hybridized carbons (Fsp3) is 0.176. The van der Waals surface area contributed by atoms with E-state index in [-0.39, 0.29) is 23.0 Å². The minimum absolute atomic E-state index is 0.115. The number of carbonyl (C=O) groups excluding carboxylic acids is 1. The van der Waals surface area contributed by atoms with Crippen molar-refractivity contribution in [3.63, 3.8) is 0 Å².